The number of hydrogen-bond donors (Lipinski definition) is 1. The van der Waals surface area contributed by atoms with Crippen LogP contribution >= 0.6 is 15.9 Å². The van der Waals surface area contributed by atoms with Crippen LogP contribution in [0.4, 0.5) is 0 Å². The van der Waals surface area contributed by atoms with Gasteiger partial charge in [0.15, 0.2) is 0 Å². The molecule has 0 aromatic carbocycles. The second-order valence-corrected chi connectivity index (χ2v) is 7.84. The Bertz CT molecular complexity index is 472. The summed E-state index contributed by atoms with van der Waals surface area (Å²) in [7, 11) is 0. The number of ether oxygens (including phenoxy) is 1. The summed E-state index contributed by atoms with van der Waals surface area (Å²) in [4.78, 5) is 4.60. The molecular weight excluding hydrogens is 328 g/mol. The average molecular weight is 353 g/mol. The van der Waals surface area contributed by atoms with Crippen LogP contribution in [0.25, 0.3) is 0 Å². The first kappa shape index (κ1) is 15.4. The van der Waals surface area contributed by atoms with E-state index in [9.17, 15) is 0 Å². The highest BCUT2D eigenvalue weighted by Crippen LogP contribution is 2.49. The third kappa shape index (κ3) is 3.66. The van der Waals surface area contributed by atoms with Crippen LogP contribution in [0.15, 0.2) is 22.8 Å². The van der Waals surface area contributed by atoms with E-state index >= 15 is 0 Å². The van der Waals surface area contributed by atoms with Gasteiger partial charge in [0, 0.05) is 41.0 Å². The van der Waals surface area contributed by atoms with Crippen LogP contribution in [0.1, 0.15) is 38.8 Å². The first-order valence-corrected chi connectivity index (χ1v) is 8.84. The van der Waals surface area contributed by atoms with Crippen LogP contribution in [0.5, 0.6) is 0 Å². The smallest absolute Gasteiger partial charge is 0.0676 e. The van der Waals surface area contributed by atoms with Gasteiger partial charge in [-0.05, 0) is 59.7 Å². The normalized spacial score (nSPS) is 29.2. The van der Waals surface area contributed by atoms with E-state index in [1.807, 2.05) is 6.20 Å². The molecule has 0 spiro atoms. The van der Waals surface area contributed by atoms with Gasteiger partial charge in [-0.1, -0.05) is 13.8 Å². The molecule has 4 heteroatoms. The molecule has 1 saturated heterocycles. The summed E-state index contributed by atoms with van der Waals surface area (Å²) in [6.07, 6.45) is 7.14. The number of nitrogens with one attached hydrogen (secondary N) is 1. The van der Waals surface area contributed by atoms with Crippen LogP contribution in [0, 0.1) is 11.3 Å². The molecule has 2 heterocycles. The standard InChI is InChI=1S/C17H25BrN2O/c1-12(2)20-11-17(7-8-21-16(17)13-3-4-13)9-15-6-5-14(18)10-19-15/h5-6,10,12-13,16,20H,3-4,7-9,11H2,1-2H3. The zero-order valence-corrected chi connectivity index (χ0v) is 14.5. The van der Waals surface area contributed by atoms with Gasteiger partial charge in [0.05, 0.1) is 6.10 Å². The van der Waals surface area contributed by atoms with E-state index in [0.717, 1.165) is 36.4 Å². The van der Waals surface area contributed by atoms with Gasteiger partial charge in [-0.3, -0.25) is 4.98 Å². The Morgan fingerprint density at radius 2 is 2.24 bits per heavy atom. The summed E-state index contributed by atoms with van der Waals surface area (Å²) in [6, 6.07) is 4.75. The molecule has 1 aliphatic heterocycles. The highest BCUT2D eigenvalue weighted by Gasteiger charge is 2.50. The Morgan fingerprint density at radius 1 is 1.43 bits per heavy atom. The topological polar surface area (TPSA) is 34.2 Å². The van der Waals surface area contributed by atoms with Gasteiger partial charge in [0.2, 0.25) is 0 Å². The van der Waals surface area contributed by atoms with Gasteiger partial charge in [-0.25, -0.2) is 0 Å². The lowest BCUT2D eigenvalue weighted by Gasteiger charge is -2.35. The monoisotopic (exact) mass is 352 g/mol. The minimum Gasteiger partial charge on any atom is -0.377 e. The third-order valence-electron chi connectivity index (χ3n) is 4.74. The number of pyridine rings is 1. The molecule has 1 aliphatic carbocycles. The van der Waals surface area contributed by atoms with E-state index < -0.39 is 0 Å². The zero-order valence-electron chi connectivity index (χ0n) is 12.9. The van der Waals surface area contributed by atoms with Crippen LogP contribution in [0.3, 0.4) is 0 Å². The summed E-state index contributed by atoms with van der Waals surface area (Å²) in [6.45, 7) is 6.36. The summed E-state index contributed by atoms with van der Waals surface area (Å²) < 4.78 is 7.19. The fourth-order valence-corrected chi connectivity index (χ4v) is 3.70. The van der Waals surface area contributed by atoms with Gasteiger partial charge in [-0.15, -0.1) is 0 Å². The van der Waals surface area contributed by atoms with E-state index in [1.165, 1.54) is 18.5 Å². The molecule has 0 amide bonds. The van der Waals surface area contributed by atoms with Crippen LogP contribution < -0.4 is 5.32 Å². The molecule has 1 N–H and O–H groups in total. The maximum Gasteiger partial charge on any atom is 0.0676 e. The Balaban J connectivity index is 1.79. The van der Waals surface area contributed by atoms with E-state index in [-0.39, 0.29) is 5.41 Å². The molecule has 116 valence electrons. The minimum atomic E-state index is 0.215. The number of rotatable bonds is 6. The fraction of sp³-hybridized carbons (Fsp3) is 0.706. The summed E-state index contributed by atoms with van der Waals surface area (Å²) >= 11 is 3.47. The lowest BCUT2D eigenvalue weighted by Crippen LogP contribution is -2.45. The van der Waals surface area contributed by atoms with Gasteiger partial charge in [0.1, 0.15) is 0 Å². The van der Waals surface area contributed by atoms with Crippen LogP contribution in [-0.2, 0) is 11.2 Å². The molecule has 2 aliphatic rings. The number of aromatic nitrogens is 1. The number of nitrogens with zero attached hydrogens (tertiary/aromatic N) is 1. The molecule has 3 rings (SSSR count). The molecule has 1 aromatic heterocycles. The third-order valence-corrected chi connectivity index (χ3v) is 5.20. The van der Waals surface area contributed by atoms with Gasteiger partial charge in [0.25, 0.3) is 0 Å². The molecule has 2 atom stereocenters. The van der Waals surface area contributed by atoms with E-state index in [1.54, 1.807) is 0 Å². The van der Waals surface area contributed by atoms with Crippen molar-refractivity contribution in [2.45, 2.75) is 51.7 Å². The largest absolute Gasteiger partial charge is 0.377 e. The van der Waals surface area contributed by atoms with Crippen molar-refractivity contribution in [3.05, 3.63) is 28.5 Å². The number of hydrogen-bond acceptors (Lipinski definition) is 3. The van der Waals surface area contributed by atoms with Crippen molar-refractivity contribution in [1.82, 2.24) is 10.3 Å². The van der Waals surface area contributed by atoms with Crippen LogP contribution in [-0.4, -0.2) is 30.3 Å². The van der Waals surface area contributed by atoms with Crippen molar-refractivity contribution < 1.29 is 4.74 Å². The highest BCUT2D eigenvalue weighted by molar-refractivity contribution is 9.10. The van der Waals surface area contributed by atoms with Crippen LogP contribution in [0.2, 0.25) is 0 Å². The molecule has 1 saturated carbocycles. The Kier molecular flexibility index (Phi) is 4.67. The van der Waals surface area contributed by atoms with Gasteiger partial charge in [-0.2, -0.15) is 0 Å². The lowest BCUT2D eigenvalue weighted by atomic mass is 9.74. The van der Waals surface area contributed by atoms with Crippen molar-refractivity contribution >= 4 is 15.9 Å². The van der Waals surface area contributed by atoms with Crippen molar-refractivity contribution in [2.24, 2.45) is 11.3 Å². The molecule has 0 bridgehead atoms. The molecule has 1 aromatic rings. The average Bonchev–Trinajstić information content (AvgIpc) is 3.21. The Hall–Kier alpha value is -0.450. The maximum absolute atomic E-state index is 6.14. The quantitative estimate of drug-likeness (QED) is 0.849. The van der Waals surface area contributed by atoms with Gasteiger partial charge < -0.3 is 10.1 Å². The molecule has 0 radical (unpaired) electrons. The predicted octanol–water partition coefficient (Wildman–Crippen LogP) is 3.57. The molecule has 21 heavy (non-hydrogen) atoms. The lowest BCUT2D eigenvalue weighted by molar-refractivity contribution is 0.0294. The molecule has 2 fully saturated rings. The highest BCUT2D eigenvalue weighted by atomic mass is 79.9. The Labute approximate surface area is 136 Å². The van der Waals surface area contributed by atoms with Gasteiger partial charge >= 0.3 is 0 Å². The molecule has 3 nitrogen and oxygen atoms in total. The SMILES string of the molecule is CC(C)NCC1(Cc2ccc(Br)cn2)CCOC1C1CC1. The van der Waals surface area contributed by atoms with E-state index in [4.69, 9.17) is 4.74 Å². The summed E-state index contributed by atoms with van der Waals surface area (Å²) in [5.74, 6) is 0.775. The maximum atomic E-state index is 6.14. The fourth-order valence-electron chi connectivity index (χ4n) is 3.46. The summed E-state index contributed by atoms with van der Waals surface area (Å²) in [5, 5.41) is 3.66. The first-order valence-electron chi connectivity index (χ1n) is 8.04. The van der Waals surface area contributed by atoms with Crippen molar-refractivity contribution in [1.29, 1.82) is 0 Å². The van der Waals surface area contributed by atoms with Crippen molar-refractivity contribution in [3.8, 4) is 0 Å². The first-order chi connectivity index (χ1) is 10.1. The predicted molar refractivity (Wildman–Crippen MR) is 88.3 cm³/mol. The van der Waals surface area contributed by atoms with E-state index in [2.05, 4.69) is 52.2 Å². The molecular formula is C17H25BrN2O. The molecule has 2 unspecified atom stereocenters. The summed E-state index contributed by atoms with van der Waals surface area (Å²) in [5.41, 5.74) is 1.40. The minimum absolute atomic E-state index is 0.215. The number of halogens is 1. The van der Waals surface area contributed by atoms with Crippen molar-refractivity contribution in [3.63, 3.8) is 0 Å². The van der Waals surface area contributed by atoms with Crippen molar-refractivity contribution in [2.75, 3.05) is 13.2 Å². The second-order valence-electron chi connectivity index (χ2n) is 6.92. The Morgan fingerprint density at radius 3 is 2.86 bits per heavy atom. The second kappa shape index (κ2) is 6.35. The zero-order chi connectivity index (χ0) is 14.9. The van der Waals surface area contributed by atoms with E-state index in [0.29, 0.717) is 12.1 Å².